The van der Waals surface area contributed by atoms with Gasteiger partial charge in [0.15, 0.2) is 0 Å². The van der Waals surface area contributed by atoms with Crippen molar-refractivity contribution < 1.29 is 14.0 Å². The van der Waals surface area contributed by atoms with E-state index in [4.69, 9.17) is 0 Å². The molecule has 94 valence electrons. The lowest BCUT2D eigenvalue weighted by Crippen LogP contribution is -2.38. The molecule has 0 bridgehead atoms. The summed E-state index contributed by atoms with van der Waals surface area (Å²) in [5.74, 6) is -1.12. The third-order valence-corrected chi connectivity index (χ3v) is 2.67. The molecule has 0 unspecified atom stereocenters. The van der Waals surface area contributed by atoms with Crippen LogP contribution in [0.15, 0.2) is 29.4 Å². The Balaban J connectivity index is 2.19. The normalized spacial score (nSPS) is 14.8. The molecular weight excluding hydrogens is 237 g/mol. The van der Waals surface area contributed by atoms with E-state index in [1.54, 1.807) is 12.1 Å². The summed E-state index contributed by atoms with van der Waals surface area (Å²) in [5.41, 5.74) is 2.65. The molecule has 0 saturated heterocycles. The number of halogens is 1. The van der Waals surface area contributed by atoms with Crippen molar-refractivity contribution in [2.45, 2.75) is 12.8 Å². The van der Waals surface area contributed by atoms with Gasteiger partial charge in [0.05, 0.1) is 5.69 Å². The number of anilines is 1. The van der Waals surface area contributed by atoms with Gasteiger partial charge in [-0.1, -0.05) is 12.1 Å². The number of nitrogens with one attached hydrogen (secondary N) is 1. The first-order valence-electron chi connectivity index (χ1n) is 5.47. The molecule has 0 saturated carbocycles. The molecule has 1 aliphatic heterocycles. The minimum Gasteiger partial charge on any atom is -0.308 e. The van der Waals surface area contributed by atoms with E-state index >= 15 is 0 Å². The van der Waals surface area contributed by atoms with Crippen LogP contribution >= 0.6 is 0 Å². The van der Waals surface area contributed by atoms with Crippen molar-refractivity contribution in [1.82, 2.24) is 5.43 Å². The molecule has 0 aliphatic carbocycles. The van der Waals surface area contributed by atoms with Crippen LogP contribution in [0.1, 0.15) is 12.8 Å². The van der Waals surface area contributed by atoms with Crippen LogP contribution in [-0.4, -0.2) is 24.6 Å². The highest BCUT2D eigenvalue weighted by molar-refractivity contribution is 6.44. The van der Waals surface area contributed by atoms with Gasteiger partial charge in [-0.05, 0) is 12.1 Å². The highest BCUT2D eigenvalue weighted by atomic mass is 19.1. The van der Waals surface area contributed by atoms with Crippen LogP contribution < -0.4 is 10.3 Å². The fourth-order valence-electron chi connectivity index (χ4n) is 1.66. The van der Waals surface area contributed by atoms with E-state index in [1.165, 1.54) is 24.1 Å². The molecule has 0 aromatic heterocycles. The molecule has 5 nitrogen and oxygen atoms in total. The van der Waals surface area contributed by atoms with Gasteiger partial charge in [-0.25, -0.2) is 9.82 Å². The molecule has 0 fully saturated rings. The molecule has 2 amide bonds. The fourth-order valence-corrected chi connectivity index (χ4v) is 1.66. The number of amides is 2. The maximum absolute atomic E-state index is 13.5. The van der Waals surface area contributed by atoms with Crippen molar-refractivity contribution in [2.24, 2.45) is 5.10 Å². The van der Waals surface area contributed by atoms with E-state index in [-0.39, 0.29) is 30.1 Å². The van der Waals surface area contributed by atoms with Crippen LogP contribution in [0.25, 0.3) is 0 Å². The maximum atomic E-state index is 13.5. The van der Waals surface area contributed by atoms with Crippen molar-refractivity contribution in [3.8, 4) is 0 Å². The minimum atomic E-state index is -0.478. The number of hydrogen-bond donors (Lipinski definition) is 1. The summed E-state index contributed by atoms with van der Waals surface area (Å²) in [6.45, 7) is 0. The zero-order valence-corrected chi connectivity index (χ0v) is 9.81. The van der Waals surface area contributed by atoms with E-state index in [0.717, 1.165) is 0 Å². The van der Waals surface area contributed by atoms with Crippen molar-refractivity contribution >= 4 is 23.2 Å². The van der Waals surface area contributed by atoms with E-state index < -0.39 is 11.7 Å². The van der Waals surface area contributed by atoms with Gasteiger partial charge in [0.25, 0.3) is 5.91 Å². The Bertz CT molecular complexity index is 528. The summed E-state index contributed by atoms with van der Waals surface area (Å²) in [6.07, 6.45) is 0.485. The van der Waals surface area contributed by atoms with Crippen LogP contribution in [0.5, 0.6) is 0 Å². The standard InChI is InChI=1S/C12H12FN3O2/c1-16(10-5-3-2-4-8(10)13)12(18)9-6-7-11(17)15-14-9/h2-5H,6-7H2,1H3,(H,15,17). The van der Waals surface area contributed by atoms with Gasteiger partial charge in [-0.15, -0.1) is 0 Å². The summed E-state index contributed by atoms with van der Waals surface area (Å²) in [4.78, 5) is 24.1. The first kappa shape index (κ1) is 12.2. The van der Waals surface area contributed by atoms with Gasteiger partial charge in [0.1, 0.15) is 11.5 Å². The average Bonchev–Trinajstić information content (AvgIpc) is 2.38. The Labute approximate surface area is 103 Å². The second-order valence-corrected chi connectivity index (χ2v) is 3.91. The lowest BCUT2D eigenvalue weighted by molar-refractivity contribution is -0.121. The lowest BCUT2D eigenvalue weighted by Gasteiger charge is -2.20. The van der Waals surface area contributed by atoms with Gasteiger partial charge in [-0.3, -0.25) is 9.59 Å². The third kappa shape index (κ3) is 2.37. The number of nitrogens with zero attached hydrogens (tertiary/aromatic N) is 2. The summed E-state index contributed by atoms with van der Waals surface area (Å²) < 4.78 is 13.5. The minimum absolute atomic E-state index is 0.183. The van der Waals surface area contributed by atoms with E-state index in [9.17, 15) is 14.0 Å². The molecule has 1 aromatic carbocycles. The molecule has 0 radical (unpaired) electrons. The Morgan fingerprint density at radius 3 is 2.72 bits per heavy atom. The number of carbonyl (C=O) groups excluding carboxylic acids is 2. The first-order chi connectivity index (χ1) is 8.59. The van der Waals surface area contributed by atoms with Crippen molar-refractivity contribution in [3.05, 3.63) is 30.1 Å². The zero-order chi connectivity index (χ0) is 13.1. The summed E-state index contributed by atoms with van der Waals surface area (Å²) in [6, 6.07) is 5.99. The highest BCUT2D eigenvalue weighted by Crippen LogP contribution is 2.18. The third-order valence-electron chi connectivity index (χ3n) is 2.67. The van der Waals surface area contributed by atoms with Gasteiger partial charge >= 0.3 is 0 Å². The SMILES string of the molecule is CN(C(=O)C1=NNC(=O)CC1)c1ccccc1F. The van der Waals surface area contributed by atoms with E-state index in [1.807, 2.05) is 0 Å². The Hall–Kier alpha value is -2.24. The molecule has 2 rings (SSSR count). The van der Waals surface area contributed by atoms with Crippen molar-refractivity contribution in [3.63, 3.8) is 0 Å². The number of hydrazone groups is 1. The number of rotatable bonds is 2. The summed E-state index contributed by atoms with van der Waals surface area (Å²) in [5, 5.41) is 3.69. The molecule has 1 aliphatic rings. The lowest BCUT2D eigenvalue weighted by atomic mass is 10.1. The molecule has 1 heterocycles. The number of carbonyl (C=O) groups is 2. The van der Waals surface area contributed by atoms with Crippen LogP contribution in [0.2, 0.25) is 0 Å². The molecule has 0 spiro atoms. The first-order valence-corrected chi connectivity index (χ1v) is 5.47. The Morgan fingerprint density at radius 2 is 2.11 bits per heavy atom. The fraction of sp³-hybridized carbons (Fsp3) is 0.250. The van der Waals surface area contributed by atoms with Crippen molar-refractivity contribution in [2.75, 3.05) is 11.9 Å². The largest absolute Gasteiger partial charge is 0.308 e. The van der Waals surface area contributed by atoms with E-state index in [0.29, 0.717) is 0 Å². The molecule has 1 aromatic rings. The van der Waals surface area contributed by atoms with E-state index in [2.05, 4.69) is 10.5 Å². The summed E-state index contributed by atoms with van der Waals surface area (Å²) >= 11 is 0. The Kier molecular flexibility index (Phi) is 3.36. The summed E-state index contributed by atoms with van der Waals surface area (Å²) in [7, 11) is 1.47. The quantitative estimate of drug-likeness (QED) is 0.851. The number of para-hydroxylation sites is 1. The molecule has 1 N–H and O–H groups in total. The Morgan fingerprint density at radius 1 is 1.39 bits per heavy atom. The maximum Gasteiger partial charge on any atom is 0.274 e. The van der Waals surface area contributed by atoms with Crippen LogP contribution in [-0.2, 0) is 9.59 Å². The zero-order valence-electron chi connectivity index (χ0n) is 9.81. The molecule has 6 heteroatoms. The molecule has 18 heavy (non-hydrogen) atoms. The second kappa shape index (κ2) is 4.95. The van der Waals surface area contributed by atoms with Crippen LogP contribution in [0.4, 0.5) is 10.1 Å². The van der Waals surface area contributed by atoms with Gasteiger partial charge in [0, 0.05) is 19.9 Å². The molecular formula is C12H12FN3O2. The number of benzene rings is 1. The van der Waals surface area contributed by atoms with Crippen LogP contribution in [0, 0.1) is 5.82 Å². The predicted molar refractivity (Wildman–Crippen MR) is 64.6 cm³/mol. The number of hydrogen-bond acceptors (Lipinski definition) is 3. The average molecular weight is 249 g/mol. The predicted octanol–water partition coefficient (Wildman–Crippen LogP) is 1.05. The topological polar surface area (TPSA) is 61.8 Å². The van der Waals surface area contributed by atoms with Crippen molar-refractivity contribution in [1.29, 1.82) is 0 Å². The van der Waals surface area contributed by atoms with Gasteiger partial charge < -0.3 is 4.90 Å². The van der Waals surface area contributed by atoms with Gasteiger partial charge in [0.2, 0.25) is 5.91 Å². The van der Waals surface area contributed by atoms with Crippen LogP contribution in [0.3, 0.4) is 0 Å². The smallest absolute Gasteiger partial charge is 0.274 e. The molecule has 0 atom stereocenters. The highest BCUT2D eigenvalue weighted by Gasteiger charge is 2.23. The van der Waals surface area contributed by atoms with Gasteiger partial charge in [-0.2, -0.15) is 5.10 Å². The second-order valence-electron chi connectivity index (χ2n) is 3.91. The monoisotopic (exact) mass is 249 g/mol.